The van der Waals surface area contributed by atoms with E-state index in [9.17, 15) is 18.4 Å². The lowest BCUT2D eigenvalue weighted by molar-refractivity contribution is -0.132. The molecule has 1 N–H and O–H groups in total. The monoisotopic (exact) mass is 354 g/mol. The largest absolute Gasteiger partial charge is 0.342 e. The van der Waals surface area contributed by atoms with Gasteiger partial charge in [0.05, 0.1) is 12.2 Å². The van der Waals surface area contributed by atoms with Crippen LogP contribution in [0.5, 0.6) is 0 Å². The Bertz CT molecular complexity index is 615. The first kappa shape index (κ1) is 19.1. The highest BCUT2D eigenvalue weighted by molar-refractivity contribution is 5.89. The number of halogens is 2. The Morgan fingerprint density at radius 1 is 1.12 bits per heavy atom. The molecule has 6 nitrogen and oxygen atoms in total. The summed E-state index contributed by atoms with van der Waals surface area (Å²) in [6, 6.07) is 2.59. The number of likely N-dealkylation sites (N-methyl/N-ethyl adjacent to an activating group) is 1. The number of carbonyl (C=O) groups is 2. The van der Waals surface area contributed by atoms with Gasteiger partial charge in [-0.1, -0.05) is 0 Å². The van der Waals surface area contributed by atoms with Crippen LogP contribution in [0.25, 0.3) is 0 Å². The Kier molecular flexibility index (Phi) is 6.69. The number of carbonyl (C=O) groups excluding carboxylic acids is 2. The van der Waals surface area contributed by atoms with E-state index in [4.69, 9.17) is 0 Å². The van der Waals surface area contributed by atoms with Crippen molar-refractivity contribution in [1.82, 2.24) is 14.7 Å². The van der Waals surface area contributed by atoms with Crippen LogP contribution in [0.1, 0.15) is 13.8 Å². The molecule has 1 aromatic rings. The van der Waals surface area contributed by atoms with E-state index >= 15 is 0 Å². The smallest absolute Gasteiger partial charge is 0.322 e. The van der Waals surface area contributed by atoms with Crippen LogP contribution >= 0.6 is 0 Å². The highest BCUT2D eigenvalue weighted by Gasteiger charge is 2.24. The molecule has 0 aliphatic carbocycles. The first-order chi connectivity index (χ1) is 11.9. The van der Waals surface area contributed by atoms with Gasteiger partial charge in [0, 0.05) is 45.3 Å². The van der Waals surface area contributed by atoms with Gasteiger partial charge in [0.1, 0.15) is 11.6 Å². The molecule has 3 amide bonds. The summed E-state index contributed by atoms with van der Waals surface area (Å²) in [6.45, 7) is 7.63. The fourth-order valence-corrected chi connectivity index (χ4v) is 2.76. The van der Waals surface area contributed by atoms with Gasteiger partial charge in [-0.15, -0.1) is 0 Å². The van der Waals surface area contributed by atoms with E-state index in [1.165, 1.54) is 6.07 Å². The molecule has 1 aliphatic rings. The van der Waals surface area contributed by atoms with Gasteiger partial charge in [0.15, 0.2) is 0 Å². The van der Waals surface area contributed by atoms with Crippen molar-refractivity contribution in [3.63, 3.8) is 0 Å². The molecule has 1 aliphatic heterocycles. The lowest BCUT2D eigenvalue weighted by atomic mass is 10.3. The van der Waals surface area contributed by atoms with Gasteiger partial charge in [0.2, 0.25) is 5.91 Å². The van der Waals surface area contributed by atoms with Crippen molar-refractivity contribution < 1.29 is 18.4 Å². The third-order valence-electron chi connectivity index (χ3n) is 4.31. The lowest BCUT2D eigenvalue weighted by Crippen LogP contribution is -2.52. The molecule has 1 heterocycles. The first-order valence-electron chi connectivity index (χ1n) is 8.45. The van der Waals surface area contributed by atoms with Crippen molar-refractivity contribution in [2.75, 3.05) is 51.1 Å². The SMILES string of the molecule is CCN(CC)C(=O)CN1CCN(C(=O)Nc2ccc(F)cc2F)CC1. The van der Waals surface area contributed by atoms with Gasteiger partial charge < -0.3 is 15.1 Å². The van der Waals surface area contributed by atoms with Gasteiger partial charge in [0.25, 0.3) is 0 Å². The zero-order valence-corrected chi connectivity index (χ0v) is 14.6. The molecule has 0 atom stereocenters. The molecule has 0 bridgehead atoms. The predicted octanol–water partition coefficient (Wildman–Crippen LogP) is 1.98. The molecule has 1 fully saturated rings. The van der Waals surface area contributed by atoms with Gasteiger partial charge >= 0.3 is 6.03 Å². The van der Waals surface area contributed by atoms with Crippen LogP contribution in [0.15, 0.2) is 18.2 Å². The summed E-state index contributed by atoms with van der Waals surface area (Å²) in [5.41, 5.74) is -0.0504. The Hall–Kier alpha value is -2.22. The third kappa shape index (κ3) is 5.12. The third-order valence-corrected chi connectivity index (χ3v) is 4.31. The van der Waals surface area contributed by atoms with Crippen LogP contribution in [0.2, 0.25) is 0 Å². The minimum Gasteiger partial charge on any atom is -0.342 e. The molecule has 0 radical (unpaired) electrons. The number of hydrogen-bond acceptors (Lipinski definition) is 3. The van der Waals surface area contributed by atoms with Gasteiger partial charge in [-0.2, -0.15) is 0 Å². The Labute approximate surface area is 146 Å². The zero-order valence-electron chi connectivity index (χ0n) is 14.6. The van der Waals surface area contributed by atoms with E-state index in [2.05, 4.69) is 5.32 Å². The molecular weight excluding hydrogens is 330 g/mol. The number of hydrogen-bond donors (Lipinski definition) is 1. The summed E-state index contributed by atoms with van der Waals surface area (Å²) in [7, 11) is 0. The van der Waals surface area contributed by atoms with Crippen molar-refractivity contribution in [3.05, 3.63) is 29.8 Å². The molecule has 0 spiro atoms. The molecule has 8 heteroatoms. The van der Waals surface area contributed by atoms with Gasteiger partial charge in [-0.3, -0.25) is 9.69 Å². The van der Waals surface area contributed by atoms with E-state index in [-0.39, 0.29) is 11.6 Å². The van der Waals surface area contributed by atoms with Crippen LogP contribution in [0.3, 0.4) is 0 Å². The second-order valence-electron chi connectivity index (χ2n) is 5.88. The average Bonchev–Trinajstić information content (AvgIpc) is 2.59. The van der Waals surface area contributed by atoms with E-state index < -0.39 is 17.7 Å². The highest BCUT2D eigenvalue weighted by Crippen LogP contribution is 2.16. The summed E-state index contributed by atoms with van der Waals surface area (Å²) >= 11 is 0. The molecule has 1 aromatic carbocycles. The maximum atomic E-state index is 13.6. The lowest BCUT2D eigenvalue weighted by Gasteiger charge is -2.35. The number of anilines is 1. The normalized spacial score (nSPS) is 15.1. The number of amides is 3. The van der Waals surface area contributed by atoms with E-state index in [0.29, 0.717) is 45.8 Å². The van der Waals surface area contributed by atoms with Crippen LogP contribution < -0.4 is 5.32 Å². The molecule has 25 heavy (non-hydrogen) atoms. The number of nitrogens with zero attached hydrogens (tertiary/aromatic N) is 3. The van der Waals surface area contributed by atoms with Crippen molar-refractivity contribution in [3.8, 4) is 0 Å². The highest BCUT2D eigenvalue weighted by atomic mass is 19.1. The fourth-order valence-electron chi connectivity index (χ4n) is 2.76. The standard InChI is InChI=1S/C17H24F2N4O2/c1-3-22(4-2)16(24)12-21-7-9-23(10-8-21)17(25)20-15-6-5-13(18)11-14(15)19/h5-6,11H,3-4,7-10,12H2,1-2H3,(H,20,25). The van der Waals surface area contributed by atoms with E-state index in [1.54, 1.807) is 9.80 Å². The summed E-state index contributed by atoms with van der Waals surface area (Å²) < 4.78 is 26.5. The first-order valence-corrected chi connectivity index (χ1v) is 8.45. The van der Waals surface area contributed by atoms with Crippen LogP contribution in [0.4, 0.5) is 19.3 Å². The molecule has 138 valence electrons. The molecule has 0 aromatic heterocycles. The van der Waals surface area contributed by atoms with Crippen LogP contribution in [-0.4, -0.2) is 72.5 Å². The molecule has 0 saturated carbocycles. The Morgan fingerprint density at radius 2 is 1.76 bits per heavy atom. The molecule has 1 saturated heterocycles. The summed E-state index contributed by atoms with van der Waals surface area (Å²) in [5.74, 6) is -1.42. The second-order valence-corrected chi connectivity index (χ2v) is 5.88. The second kappa shape index (κ2) is 8.75. The quantitative estimate of drug-likeness (QED) is 0.880. The number of nitrogens with one attached hydrogen (secondary N) is 1. The van der Waals surface area contributed by atoms with Crippen LogP contribution in [0, 0.1) is 11.6 Å². The number of rotatable bonds is 5. The van der Waals surface area contributed by atoms with E-state index in [1.807, 2.05) is 18.7 Å². The van der Waals surface area contributed by atoms with Crippen molar-refractivity contribution in [2.45, 2.75) is 13.8 Å². The van der Waals surface area contributed by atoms with Gasteiger partial charge in [-0.05, 0) is 26.0 Å². The molecular formula is C17H24F2N4O2. The molecule has 2 rings (SSSR count). The minimum atomic E-state index is -0.809. The Balaban J connectivity index is 1.83. The van der Waals surface area contributed by atoms with Crippen molar-refractivity contribution in [2.24, 2.45) is 0 Å². The number of benzene rings is 1. The maximum Gasteiger partial charge on any atom is 0.322 e. The summed E-state index contributed by atoms with van der Waals surface area (Å²) in [4.78, 5) is 29.6. The fraction of sp³-hybridized carbons (Fsp3) is 0.529. The predicted molar refractivity (Wildman–Crippen MR) is 91.3 cm³/mol. The van der Waals surface area contributed by atoms with Crippen molar-refractivity contribution >= 4 is 17.6 Å². The summed E-state index contributed by atoms with van der Waals surface area (Å²) in [6.07, 6.45) is 0. The topological polar surface area (TPSA) is 55.9 Å². The maximum absolute atomic E-state index is 13.6. The number of piperazine rings is 1. The van der Waals surface area contributed by atoms with E-state index in [0.717, 1.165) is 12.1 Å². The number of urea groups is 1. The average molecular weight is 354 g/mol. The molecule has 0 unspecified atom stereocenters. The summed E-state index contributed by atoms with van der Waals surface area (Å²) in [5, 5.41) is 2.45. The van der Waals surface area contributed by atoms with Gasteiger partial charge in [-0.25, -0.2) is 13.6 Å². The minimum absolute atomic E-state index is 0.0504. The zero-order chi connectivity index (χ0) is 18.4. The Morgan fingerprint density at radius 3 is 2.32 bits per heavy atom. The van der Waals surface area contributed by atoms with Crippen molar-refractivity contribution in [1.29, 1.82) is 0 Å². The van der Waals surface area contributed by atoms with Crippen LogP contribution in [-0.2, 0) is 4.79 Å².